The van der Waals surface area contributed by atoms with Crippen molar-refractivity contribution in [3.05, 3.63) is 35.4 Å². The van der Waals surface area contributed by atoms with Gasteiger partial charge in [0, 0.05) is 0 Å². The molecule has 0 unspecified atom stereocenters. The predicted molar refractivity (Wildman–Crippen MR) is 67.5 cm³/mol. The highest BCUT2D eigenvalue weighted by Crippen LogP contribution is 2.33. The Balaban J connectivity index is 3.11. The van der Waals surface area contributed by atoms with E-state index in [4.69, 9.17) is 9.47 Å². The zero-order valence-corrected chi connectivity index (χ0v) is 10.6. The Bertz CT molecular complexity index is 381. The van der Waals surface area contributed by atoms with Crippen molar-refractivity contribution in [2.24, 2.45) is 0 Å². The zero-order chi connectivity index (χ0) is 12.1. The molecule has 88 valence electrons. The molecular formula is C14H20O2. The minimum Gasteiger partial charge on any atom is -0.493 e. The van der Waals surface area contributed by atoms with E-state index in [2.05, 4.69) is 20.4 Å². The molecule has 2 heteroatoms. The summed E-state index contributed by atoms with van der Waals surface area (Å²) in [6.07, 6.45) is 1.75. The Kier molecular flexibility index (Phi) is 4.41. The summed E-state index contributed by atoms with van der Waals surface area (Å²) in [6.45, 7) is 13.0. The van der Waals surface area contributed by atoms with Gasteiger partial charge < -0.3 is 9.47 Å². The maximum Gasteiger partial charge on any atom is 0.125 e. The third kappa shape index (κ3) is 2.57. The van der Waals surface area contributed by atoms with Gasteiger partial charge in [-0.25, -0.2) is 0 Å². The molecular weight excluding hydrogens is 200 g/mol. The summed E-state index contributed by atoms with van der Waals surface area (Å²) in [7, 11) is 0. The summed E-state index contributed by atoms with van der Waals surface area (Å²) >= 11 is 0. The molecule has 0 heterocycles. The lowest BCUT2D eigenvalue weighted by molar-refractivity contribution is 0.330. The highest BCUT2D eigenvalue weighted by atomic mass is 16.5. The summed E-state index contributed by atoms with van der Waals surface area (Å²) < 4.78 is 11.2. The van der Waals surface area contributed by atoms with Crippen molar-refractivity contribution in [2.75, 3.05) is 13.2 Å². The molecule has 0 amide bonds. The minimum absolute atomic E-state index is 0.535. The molecule has 2 nitrogen and oxygen atoms in total. The molecule has 0 spiro atoms. The van der Waals surface area contributed by atoms with Gasteiger partial charge in [-0.3, -0.25) is 0 Å². The van der Waals surface area contributed by atoms with Gasteiger partial charge in [-0.1, -0.05) is 12.7 Å². The van der Waals surface area contributed by atoms with Crippen molar-refractivity contribution >= 4 is 0 Å². The van der Waals surface area contributed by atoms with Crippen LogP contribution in [0, 0.1) is 20.8 Å². The first-order chi connectivity index (χ1) is 7.61. The van der Waals surface area contributed by atoms with Crippen molar-refractivity contribution in [3.63, 3.8) is 0 Å². The molecule has 0 atom stereocenters. The van der Waals surface area contributed by atoms with Crippen molar-refractivity contribution in [2.45, 2.75) is 27.7 Å². The Morgan fingerprint density at radius 3 is 2.44 bits per heavy atom. The lowest BCUT2D eigenvalue weighted by atomic mass is 10.0. The first kappa shape index (κ1) is 12.6. The molecule has 0 aliphatic carbocycles. The average Bonchev–Trinajstić information content (AvgIpc) is 2.27. The van der Waals surface area contributed by atoms with Crippen LogP contribution in [0.5, 0.6) is 11.5 Å². The smallest absolute Gasteiger partial charge is 0.125 e. The number of hydrogen-bond donors (Lipinski definition) is 0. The molecule has 0 aliphatic rings. The van der Waals surface area contributed by atoms with E-state index in [1.165, 1.54) is 0 Å². The fourth-order valence-corrected chi connectivity index (χ4v) is 1.69. The number of benzene rings is 1. The Hall–Kier alpha value is -1.44. The molecule has 0 bridgehead atoms. The molecule has 0 saturated heterocycles. The average molecular weight is 220 g/mol. The van der Waals surface area contributed by atoms with Crippen LogP contribution in [-0.4, -0.2) is 13.2 Å². The molecule has 0 N–H and O–H groups in total. The first-order valence-electron chi connectivity index (χ1n) is 5.59. The summed E-state index contributed by atoms with van der Waals surface area (Å²) in [5.41, 5.74) is 3.40. The van der Waals surface area contributed by atoms with E-state index in [0.717, 1.165) is 28.2 Å². The van der Waals surface area contributed by atoms with Crippen LogP contribution in [0.4, 0.5) is 0 Å². The number of aryl methyl sites for hydroxylation is 1. The van der Waals surface area contributed by atoms with Crippen molar-refractivity contribution in [3.8, 4) is 11.5 Å². The minimum atomic E-state index is 0.535. The topological polar surface area (TPSA) is 18.5 Å². The van der Waals surface area contributed by atoms with Crippen molar-refractivity contribution in [1.82, 2.24) is 0 Å². The van der Waals surface area contributed by atoms with Crippen LogP contribution in [0.1, 0.15) is 23.6 Å². The molecule has 0 radical (unpaired) electrons. The molecule has 16 heavy (non-hydrogen) atoms. The van der Waals surface area contributed by atoms with Crippen LogP contribution in [-0.2, 0) is 0 Å². The van der Waals surface area contributed by atoms with E-state index in [0.29, 0.717) is 13.2 Å². The van der Waals surface area contributed by atoms with Crippen LogP contribution >= 0.6 is 0 Å². The van der Waals surface area contributed by atoms with Crippen LogP contribution < -0.4 is 9.47 Å². The molecule has 0 aliphatic heterocycles. The fourth-order valence-electron chi connectivity index (χ4n) is 1.69. The molecule has 0 fully saturated rings. The van der Waals surface area contributed by atoms with E-state index in [1.54, 1.807) is 6.08 Å². The quantitative estimate of drug-likeness (QED) is 0.706. The normalized spacial score (nSPS) is 10.0. The van der Waals surface area contributed by atoms with Crippen LogP contribution in [0.15, 0.2) is 18.7 Å². The highest BCUT2D eigenvalue weighted by Gasteiger charge is 2.11. The monoisotopic (exact) mass is 220 g/mol. The van der Waals surface area contributed by atoms with Gasteiger partial charge in [0.05, 0.1) is 6.61 Å². The van der Waals surface area contributed by atoms with E-state index in [9.17, 15) is 0 Å². The fraction of sp³-hybridized carbons (Fsp3) is 0.429. The van der Waals surface area contributed by atoms with E-state index >= 15 is 0 Å². The SMILES string of the molecule is C=CCOc1cc(C)c(OCC)c(C)c1C. The van der Waals surface area contributed by atoms with E-state index in [1.807, 2.05) is 19.9 Å². The maximum absolute atomic E-state index is 5.63. The first-order valence-corrected chi connectivity index (χ1v) is 5.59. The number of ether oxygens (including phenoxy) is 2. The third-order valence-electron chi connectivity index (χ3n) is 2.62. The van der Waals surface area contributed by atoms with Crippen LogP contribution in [0.25, 0.3) is 0 Å². The lowest BCUT2D eigenvalue weighted by Gasteiger charge is -2.16. The second-order valence-electron chi connectivity index (χ2n) is 3.80. The molecule has 1 rings (SSSR count). The van der Waals surface area contributed by atoms with E-state index in [-0.39, 0.29) is 0 Å². The maximum atomic E-state index is 5.63. The lowest BCUT2D eigenvalue weighted by Crippen LogP contribution is -2.02. The third-order valence-corrected chi connectivity index (χ3v) is 2.62. The zero-order valence-electron chi connectivity index (χ0n) is 10.6. The Morgan fingerprint density at radius 2 is 1.88 bits per heavy atom. The van der Waals surface area contributed by atoms with Gasteiger partial charge in [-0.2, -0.15) is 0 Å². The van der Waals surface area contributed by atoms with Crippen molar-refractivity contribution in [1.29, 1.82) is 0 Å². The molecule has 0 aromatic heterocycles. The van der Waals surface area contributed by atoms with Crippen LogP contribution in [0.3, 0.4) is 0 Å². The largest absolute Gasteiger partial charge is 0.493 e. The van der Waals surface area contributed by atoms with Crippen molar-refractivity contribution < 1.29 is 9.47 Å². The standard InChI is InChI=1S/C14H20O2/c1-6-8-16-13-9-10(3)14(15-7-2)12(5)11(13)4/h6,9H,1,7-8H2,2-5H3. The van der Waals surface area contributed by atoms with Gasteiger partial charge in [-0.05, 0) is 50.5 Å². The van der Waals surface area contributed by atoms with Gasteiger partial charge in [0.15, 0.2) is 0 Å². The van der Waals surface area contributed by atoms with Gasteiger partial charge in [0.2, 0.25) is 0 Å². The Morgan fingerprint density at radius 1 is 1.19 bits per heavy atom. The second-order valence-corrected chi connectivity index (χ2v) is 3.80. The van der Waals surface area contributed by atoms with Gasteiger partial charge in [0.1, 0.15) is 18.1 Å². The number of rotatable bonds is 5. The van der Waals surface area contributed by atoms with Gasteiger partial charge >= 0.3 is 0 Å². The summed E-state index contributed by atoms with van der Waals surface area (Å²) in [4.78, 5) is 0. The highest BCUT2D eigenvalue weighted by molar-refractivity contribution is 5.52. The second kappa shape index (κ2) is 5.59. The predicted octanol–water partition coefficient (Wildman–Crippen LogP) is 3.58. The van der Waals surface area contributed by atoms with Gasteiger partial charge in [-0.15, -0.1) is 0 Å². The molecule has 0 saturated carbocycles. The number of hydrogen-bond acceptors (Lipinski definition) is 2. The van der Waals surface area contributed by atoms with Gasteiger partial charge in [0.25, 0.3) is 0 Å². The summed E-state index contributed by atoms with van der Waals surface area (Å²) in [5.74, 6) is 1.89. The van der Waals surface area contributed by atoms with Crippen LogP contribution in [0.2, 0.25) is 0 Å². The summed E-state index contributed by atoms with van der Waals surface area (Å²) in [5, 5.41) is 0. The Labute approximate surface area is 97.9 Å². The molecule has 1 aromatic rings. The molecule has 1 aromatic carbocycles. The van der Waals surface area contributed by atoms with E-state index < -0.39 is 0 Å². The summed E-state index contributed by atoms with van der Waals surface area (Å²) in [6, 6.07) is 2.02.